The van der Waals surface area contributed by atoms with Crippen LogP contribution in [0.5, 0.6) is 0 Å². The van der Waals surface area contributed by atoms with Crippen LogP contribution >= 0.6 is 0 Å². The lowest BCUT2D eigenvalue weighted by Gasteiger charge is -2.33. The van der Waals surface area contributed by atoms with E-state index >= 15 is 0 Å². The average Bonchev–Trinajstić information content (AvgIpc) is 2.70. The lowest BCUT2D eigenvalue weighted by atomic mass is 9.82. The molecule has 0 N–H and O–H groups in total. The van der Waals surface area contributed by atoms with Crippen molar-refractivity contribution in [1.29, 1.82) is 5.26 Å². The fraction of sp³-hybridized carbons (Fsp3) is 0.667. The fourth-order valence-corrected chi connectivity index (χ4v) is 2.65. The van der Waals surface area contributed by atoms with Crippen LogP contribution in [0.25, 0.3) is 0 Å². The van der Waals surface area contributed by atoms with E-state index in [4.69, 9.17) is 4.74 Å². The van der Waals surface area contributed by atoms with Crippen molar-refractivity contribution in [3.63, 3.8) is 0 Å². The summed E-state index contributed by atoms with van der Waals surface area (Å²) in [6, 6.07) is 2.08. The molecule has 0 spiro atoms. The van der Waals surface area contributed by atoms with Crippen LogP contribution in [-0.4, -0.2) is 22.4 Å². The number of hydrogen-bond donors (Lipinski definition) is 0. The number of nitrogens with zero attached hydrogens (tertiary/aromatic N) is 3. The predicted octanol–water partition coefficient (Wildman–Crippen LogP) is 3.10. The summed E-state index contributed by atoms with van der Waals surface area (Å²) in [6.45, 7) is 12.4. The van der Waals surface area contributed by atoms with Gasteiger partial charge in [-0.2, -0.15) is 10.4 Å². The Morgan fingerprint density at radius 3 is 2.45 bits per heavy atom. The molecular formula is C15H23N3O2. The molecule has 0 amide bonds. The Kier molecular flexibility index (Phi) is 4.59. The van der Waals surface area contributed by atoms with Crippen molar-refractivity contribution < 1.29 is 9.53 Å². The first-order valence-electron chi connectivity index (χ1n) is 6.78. The van der Waals surface area contributed by atoms with Gasteiger partial charge in [0.25, 0.3) is 0 Å². The summed E-state index contributed by atoms with van der Waals surface area (Å²) in [5.74, 6) is -0.498. The van der Waals surface area contributed by atoms with E-state index in [2.05, 4.69) is 31.9 Å². The molecule has 5 heteroatoms. The van der Waals surface area contributed by atoms with Crippen LogP contribution in [-0.2, 0) is 10.3 Å². The van der Waals surface area contributed by atoms with Crippen molar-refractivity contribution in [1.82, 2.24) is 9.78 Å². The molecule has 0 saturated heterocycles. The van der Waals surface area contributed by atoms with E-state index in [0.717, 1.165) is 6.42 Å². The SMILES string of the molecule is CCOC(=O)c1cnn(C(C)(C)CC(C)(C)C)c1C#N. The van der Waals surface area contributed by atoms with Crippen molar-refractivity contribution >= 4 is 5.97 Å². The number of rotatable bonds is 4. The third-order valence-corrected chi connectivity index (χ3v) is 2.91. The van der Waals surface area contributed by atoms with Gasteiger partial charge < -0.3 is 4.74 Å². The van der Waals surface area contributed by atoms with E-state index < -0.39 is 5.97 Å². The lowest BCUT2D eigenvalue weighted by Crippen LogP contribution is -2.33. The Labute approximate surface area is 120 Å². The second kappa shape index (κ2) is 5.66. The van der Waals surface area contributed by atoms with Crippen LogP contribution in [0.1, 0.15) is 64.0 Å². The van der Waals surface area contributed by atoms with E-state index in [1.165, 1.54) is 6.20 Å². The van der Waals surface area contributed by atoms with Crippen LogP contribution in [0, 0.1) is 16.7 Å². The van der Waals surface area contributed by atoms with Gasteiger partial charge in [-0.3, -0.25) is 0 Å². The lowest BCUT2D eigenvalue weighted by molar-refractivity contribution is 0.0525. The minimum Gasteiger partial charge on any atom is -0.462 e. The summed E-state index contributed by atoms with van der Waals surface area (Å²) in [5.41, 5.74) is 0.231. The average molecular weight is 277 g/mol. The highest BCUT2D eigenvalue weighted by atomic mass is 16.5. The van der Waals surface area contributed by atoms with E-state index in [1.54, 1.807) is 11.6 Å². The predicted molar refractivity (Wildman–Crippen MR) is 76.3 cm³/mol. The van der Waals surface area contributed by atoms with Crippen molar-refractivity contribution in [2.75, 3.05) is 6.61 Å². The normalized spacial score (nSPS) is 12.1. The molecular weight excluding hydrogens is 254 g/mol. The zero-order valence-corrected chi connectivity index (χ0v) is 13.1. The van der Waals surface area contributed by atoms with Crippen molar-refractivity contribution in [3.8, 4) is 6.07 Å². The first-order chi connectivity index (χ1) is 9.12. The minimum absolute atomic E-state index is 0.0896. The number of nitriles is 1. The van der Waals surface area contributed by atoms with E-state index in [1.807, 2.05) is 13.8 Å². The largest absolute Gasteiger partial charge is 0.462 e. The number of ether oxygens (including phenoxy) is 1. The smallest absolute Gasteiger partial charge is 0.342 e. The molecule has 1 aromatic heterocycles. The van der Waals surface area contributed by atoms with Gasteiger partial charge in [-0.05, 0) is 32.6 Å². The monoisotopic (exact) mass is 277 g/mol. The number of hydrogen-bond acceptors (Lipinski definition) is 4. The Morgan fingerprint density at radius 1 is 1.40 bits per heavy atom. The van der Waals surface area contributed by atoms with Gasteiger partial charge in [0.1, 0.15) is 11.6 Å². The fourth-order valence-electron chi connectivity index (χ4n) is 2.65. The highest BCUT2D eigenvalue weighted by Crippen LogP contribution is 2.33. The number of esters is 1. The Hall–Kier alpha value is -1.83. The van der Waals surface area contributed by atoms with E-state index in [9.17, 15) is 10.1 Å². The van der Waals surface area contributed by atoms with E-state index in [-0.39, 0.29) is 28.8 Å². The van der Waals surface area contributed by atoms with Gasteiger partial charge in [-0.25, -0.2) is 9.48 Å². The maximum absolute atomic E-state index is 11.8. The third kappa shape index (κ3) is 3.60. The first kappa shape index (κ1) is 16.2. The van der Waals surface area contributed by atoms with Gasteiger partial charge >= 0.3 is 5.97 Å². The summed E-state index contributed by atoms with van der Waals surface area (Å²) in [7, 11) is 0. The van der Waals surface area contributed by atoms with Gasteiger partial charge in [0.2, 0.25) is 0 Å². The third-order valence-electron chi connectivity index (χ3n) is 2.91. The molecule has 0 saturated carbocycles. The van der Waals surface area contributed by atoms with Crippen LogP contribution in [0.3, 0.4) is 0 Å². The van der Waals surface area contributed by atoms with Crippen molar-refractivity contribution in [3.05, 3.63) is 17.5 Å². The molecule has 0 aliphatic heterocycles. The molecule has 20 heavy (non-hydrogen) atoms. The van der Waals surface area contributed by atoms with Gasteiger partial charge in [0.15, 0.2) is 5.69 Å². The topological polar surface area (TPSA) is 67.9 Å². The molecule has 0 aliphatic rings. The van der Waals surface area contributed by atoms with Crippen LogP contribution in [0.2, 0.25) is 0 Å². The summed E-state index contributed by atoms with van der Waals surface area (Å²) in [5, 5.41) is 13.6. The Bertz CT molecular complexity index is 530. The molecule has 0 bridgehead atoms. The molecule has 1 heterocycles. The molecule has 0 aromatic carbocycles. The molecule has 0 aliphatic carbocycles. The van der Waals surface area contributed by atoms with Crippen LogP contribution < -0.4 is 0 Å². The maximum atomic E-state index is 11.8. The van der Waals surface area contributed by atoms with Crippen molar-refractivity contribution in [2.45, 2.75) is 53.5 Å². The van der Waals surface area contributed by atoms with Gasteiger partial charge in [0.05, 0.1) is 18.3 Å². The molecule has 1 rings (SSSR count). The number of aromatic nitrogens is 2. The molecule has 0 atom stereocenters. The molecule has 1 aromatic rings. The van der Waals surface area contributed by atoms with Gasteiger partial charge in [-0.1, -0.05) is 20.8 Å². The van der Waals surface area contributed by atoms with Gasteiger partial charge in [0, 0.05) is 0 Å². The number of carbonyl (C=O) groups excluding carboxylic acids is 1. The summed E-state index contributed by atoms with van der Waals surface area (Å²) >= 11 is 0. The molecule has 0 unspecified atom stereocenters. The zero-order valence-electron chi connectivity index (χ0n) is 13.1. The standard InChI is InChI=1S/C15H23N3O2/c1-7-20-13(19)11-9-17-18(12(11)8-16)15(5,6)10-14(2,3)4/h9H,7,10H2,1-6H3. The second-order valence-corrected chi connectivity index (χ2v) is 6.70. The van der Waals surface area contributed by atoms with Crippen molar-refractivity contribution in [2.24, 2.45) is 5.41 Å². The highest BCUT2D eigenvalue weighted by molar-refractivity contribution is 5.91. The van der Waals surface area contributed by atoms with Crippen LogP contribution in [0.4, 0.5) is 0 Å². The quantitative estimate of drug-likeness (QED) is 0.793. The van der Waals surface area contributed by atoms with Crippen LogP contribution in [0.15, 0.2) is 6.20 Å². The minimum atomic E-state index is -0.498. The van der Waals surface area contributed by atoms with E-state index in [0.29, 0.717) is 0 Å². The Morgan fingerprint density at radius 2 is 2.00 bits per heavy atom. The molecule has 0 fully saturated rings. The molecule has 5 nitrogen and oxygen atoms in total. The maximum Gasteiger partial charge on any atom is 0.342 e. The zero-order chi connectivity index (χ0) is 15.6. The second-order valence-electron chi connectivity index (χ2n) is 6.70. The highest BCUT2D eigenvalue weighted by Gasteiger charge is 2.32. The number of carbonyl (C=O) groups is 1. The molecule has 110 valence electrons. The first-order valence-corrected chi connectivity index (χ1v) is 6.78. The molecule has 0 radical (unpaired) electrons. The summed E-state index contributed by atoms with van der Waals surface area (Å²) < 4.78 is 6.58. The summed E-state index contributed by atoms with van der Waals surface area (Å²) in [6.07, 6.45) is 2.25. The van der Waals surface area contributed by atoms with Gasteiger partial charge in [-0.15, -0.1) is 0 Å². The Balaban J connectivity index is 3.21. The summed E-state index contributed by atoms with van der Waals surface area (Å²) in [4.78, 5) is 11.8.